The van der Waals surface area contributed by atoms with Gasteiger partial charge < -0.3 is 14.4 Å². The van der Waals surface area contributed by atoms with Gasteiger partial charge in [-0.15, -0.1) is 0 Å². The van der Waals surface area contributed by atoms with Crippen LogP contribution in [0.1, 0.15) is 5.69 Å². The molecule has 3 rings (SSSR count). The van der Waals surface area contributed by atoms with Crippen molar-refractivity contribution in [1.82, 2.24) is 4.98 Å². The number of rotatable bonds is 6. The van der Waals surface area contributed by atoms with E-state index in [0.717, 1.165) is 17.8 Å². The minimum absolute atomic E-state index is 0.00275. The van der Waals surface area contributed by atoms with E-state index in [4.69, 9.17) is 4.42 Å². The molecule has 1 heterocycles. The molecule has 0 spiro atoms. The van der Waals surface area contributed by atoms with Crippen molar-refractivity contribution in [3.8, 4) is 11.5 Å². The van der Waals surface area contributed by atoms with Gasteiger partial charge in [-0.3, -0.25) is 0 Å². The molecule has 0 fully saturated rings. The van der Waals surface area contributed by atoms with Gasteiger partial charge >= 0.3 is 0 Å². The number of halogens is 2. The predicted molar refractivity (Wildman–Crippen MR) is 86.4 cm³/mol. The lowest BCUT2D eigenvalue weighted by Gasteiger charge is -2.22. The molecule has 0 radical (unpaired) electrons. The summed E-state index contributed by atoms with van der Waals surface area (Å²) in [6, 6.07) is 13.1. The van der Waals surface area contributed by atoms with Crippen molar-refractivity contribution < 1.29 is 18.3 Å². The molecule has 0 saturated carbocycles. The lowest BCUT2D eigenvalue weighted by Crippen LogP contribution is -2.26. The van der Waals surface area contributed by atoms with Gasteiger partial charge in [0.15, 0.2) is 11.6 Å². The van der Waals surface area contributed by atoms with Crippen molar-refractivity contribution in [2.24, 2.45) is 0 Å². The smallest absolute Gasteiger partial charge is 0.226 e. The van der Waals surface area contributed by atoms with E-state index in [1.54, 1.807) is 0 Å². The zero-order valence-corrected chi connectivity index (χ0v) is 12.8. The van der Waals surface area contributed by atoms with Gasteiger partial charge in [0.05, 0.1) is 18.8 Å². The van der Waals surface area contributed by atoms with E-state index in [0.29, 0.717) is 24.3 Å². The summed E-state index contributed by atoms with van der Waals surface area (Å²) < 4.78 is 31.7. The van der Waals surface area contributed by atoms with Crippen molar-refractivity contribution >= 4 is 5.69 Å². The molecule has 2 aromatic carbocycles. The topological polar surface area (TPSA) is 49.5 Å². The van der Waals surface area contributed by atoms with Gasteiger partial charge in [-0.2, -0.15) is 0 Å². The normalized spacial score (nSPS) is 10.8. The van der Waals surface area contributed by atoms with Crippen LogP contribution < -0.4 is 4.90 Å². The second-order valence-corrected chi connectivity index (χ2v) is 5.25. The molecule has 4 nitrogen and oxygen atoms in total. The maximum absolute atomic E-state index is 13.3. The Labute approximate surface area is 138 Å². The molecule has 0 aliphatic rings. The Kier molecular flexibility index (Phi) is 4.86. The van der Waals surface area contributed by atoms with Gasteiger partial charge in [0.25, 0.3) is 0 Å². The molecule has 0 aliphatic heterocycles. The first-order chi connectivity index (χ1) is 11.7. The van der Waals surface area contributed by atoms with Gasteiger partial charge in [0.2, 0.25) is 5.89 Å². The third-order valence-corrected chi connectivity index (χ3v) is 3.56. The molecule has 3 aromatic rings. The molecular formula is C18H16F2N2O2. The number of nitrogens with zero attached hydrogens (tertiary/aromatic N) is 2. The van der Waals surface area contributed by atoms with E-state index in [1.165, 1.54) is 12.3 Å². The summed E-state index contributed by atoms with van der Waals surface area (Å²) in [6.07, 6.45) is 1.48. The van der Waals surface area contributed by atoms with E-state index in [2.05, 4.69) is 4.98 Å². The highest BCUT2D eigenvalue weighted by molar-refractivity contribution is 5.53. The third-order valence-electron chi connectivity index (χ3n) is 3.56. The summed E-state index contributed by atoms with van der Waals surface area (Å²) in [5, 5.41) is 9.25. The average Bonchev–Trinajstić information content (AvgIpc) is 3.06. The fourth-order valence-corrected chi connectivity index (χ4v) is 2.40. The summed E-state index contributed by atoms with van der Waals surface area (Å²) in [5.41, 5.74) is 1.95. The molecule has 124 valence electrons. The third kappa shape index (κ3) is 3.60. The van der Waals surface area contributed by atoms with Crippen molar-refractivity contribution in [2.45, 2.75) is 6.54 Å². The Morgan fingerprint density at radius 3 is 2.54 bits per heavy atom. The number of oxazole rings is 1. The Hall–Kier alpha value is -2.73. The standard InChI is InChI=1S/C18H16F2N2O2/c19-16-7-6-13(10-17(16)20)18-21-14(12-24-18)11-22(8-9-23)15-4-2-1-3-5-15/h1-7,10,12,23H,8-9,11H2. The highest BCUT2D eigenvalue weighted by Gasteiger charge is 2.13. The first-order valence-electron chi connectivity index (χ1n) is 7.48. The van der Waals surface area contributed by atoms with Crippen LogP contribution in [-0.2, 0) is 6.54 Å². The van der Waals surface area contributed by atoms with Crippen LogP contribution >= 0.6 is 0 Å². The van der Waals surface area contributed by atoms with Crippen LogP contribution in [0, 0.1) is 11.6 Å². The fourth-order valence-electron chi connectivity index (χ4n) is 2.40. The monoisotopic (exact) mass is 330 g/mol. The Balaban J connectivity index is 1.80. The van der Waals surface area contributed by atoms with Crippen molar-refractivity contribution in [3.05, 3.63) is 72.1 Å². The fraction of sp³-hybridized carbons (Fsp3) is 0.167. The number of hydrogen-bond donors (Lipinski definition) is 1. The van der Waals surface area contributed by atoms with E-state index < -0.39 is 11.6 Å². The lowest BCUT2D eigenvalue weighted by atomic mass is 10.2. The van der Waals surface area contributed by atoms with Crippen molar-refractivity contribution in [2.75, 3.05) is 18.1 Å². The number of benzene rings is 2. The van der Waals surface area contributed by atoms with E-state index >= 15 is 0 Å². The Morgan fingerprint density at radius 1 is 1.04 bits per heavy atom. The minimum Gasteiger partial charge on any atom is -0.444 e. The molecule has 0 bridgehead atoms. The average molecular weight is 330 g/mol. The number of aromatic nitrogens is 1. The van der Waals surface area contributed by atoms with Gasteiger partial charge in [-0.05, 0) is 30.3 Å². The number of hydrogen-bond acceptors (Lipinski definition) is 4. The summed E-state index contributed by atoms with van der Waals surface area (Å²) in [7, 11) is 0. The SMILES string of the molecule is OCCN(Cc1coc(-c2ccc(F)c(F)c2)n1)c1ccccc1. The van der Waals surface area contributed by atoms with Crippen LogP contribution in [0.4, 0.5) is 14.5 Å². The molecule has 0 saturated heterocycles. The Bertz CT molecular complexity index is 806. The summed E-state index contributed by atoms with van der Waals surface area (Å²) >= 11 is 0. The molecule has 1 aromatic heterocycles. The maximum atomic E-state index is 13.3. The number of para-hydroxylation sites is 1. The van der Waals surface area contributed by atoms with E-state index in [1.807, 2.05) is 35.2 Å². The zero-order valence-electron chi connectivity index (χ0n) is 12.8. The molecule has 0 aliphatic carbocycles. The molecular weight excluding hydrogens is 314 g/mol. The van der Waals surface area contributed by atoms with Crippen LogP contribution in [0.3, 0.4) is 0 Å². The molecule has 24 heavy (non-hydrogen) atoms. The van der Waals surface area contributed by atoms with Crippen LogP contribution in [0.15, 0.2) is 59.2 Å². The maximum Gasteiger partial charge on any atom is 0.226 e. The molecule has 6 heteroatoms. The van der Waals surface area contributed by atoms with Crippen LogP contribution in [0.2, 0.25) is 0 Å². The van der Waals surface area contributed by atoms with Gasteiger partial charge in [0, 0.05) is 17.8 Å². The lowest BCUT2D eigenvalue weighted by molar-refractivity contribution is 0.301. The van der Waals surface area contributed by atoms with Gasteiger partial charge in [-0.1, -0.05) is 18.2 Å². The second-order valence-electron chi connectivity index (χ2n) is 5.25. The van der Waals surface area contributed by atoms with E-state index in [-0.39, 0.29) is 12.5 Å². The zero-order chi connectivity index (χ0) is 16.9. The molecule has 0 amide bonds. The summed E-state index contributed by atoms with van der Waals surface area (Å²) in [4.78, 5) is 6.27. The predicted octanol–water partition coefficient (Wildman–Crippen LogP) is 3.62. The van der Waals surface area contributed by atoms with Crippen LogP contribution in [0.25, 0.3) is 11.5 Å². The largest absolute Gasteiger partial charge is 0.444 e. The van der Waals surface area contributed by atoms with Gasteiger partial charge in [-0.25, -0.2) is 13.8 Å². The van der Waals surface area contributed by atoms with Crippen LogP contribution in [-0.4, -0.2) is 23.2 Å². The van der Waals surface area contributed by atoms with Crippen molar-refractivity contribution in [3.63, 3.8) is 0 Å². The number of aliphatic hydroxyl groups excluding tert-OH is 1. The molecule has 0 unspecified atom stereocenters. The summed E-state index contributed by atoms with van der Waals surface area (Å²) in [5.74, 6) is -1.64. The molecule has 0 atom stereocenters. The number of anilines is 1. The first-order valence-corrected chi connectivity index (χ1v) is 7.48. The quantitative estimate of drug-likeness (QED) is 0.750. The minimum atomic E-state index is -0.946. The first kappa shape index (κ1) is 16.1. The van der Waals surface area contributed by atoms with E-state index in [9.17, 15) is 13.9 Å². The summed E-state index contributed by atoms with van der Waals surface area (Å²) in [6.45, 7) is 0.873. The van der Waals surface area contributed by atoms with Crippen LogP contribution in [0.5, 0.6) is 0 Å². The highest BCUT2D eigenvalue weighted by Crippen LogP contribution is 2.22. The van der Waals surface area contributed by atoms with Gasteiger partial charge in [0.1, 0.15) is 6.26 Å². The highest BCUT2D eigenvalue weighted by atomic mass is 19.2. The Morgan fingerprint density at radius 2 is 1.83 bits per heavy atom. The van der Waals surface area contributed by atoms with Crippen molar-refractivity contribution in [1.29, 1.82) is 0 Å². The second kappa shape index (κ2) is 7.23. The molecule has 1 N–H and O–H groups in total. The number of aliphatic hydroxyl groups is 1.